The SMILES string of the molecule is CC(C)CNC[C@H](NC(=O)O)[C@H](O)C=O. The molecule has 0 radical (unpaired) electrons. The molecule has 0 rings (SSSR count). The van der Waals surface area contributed by atoms with Gasteiger partial charge in [-0.05, 0) is 12.5 Å². The molecule has 0 spiro atoms. The Morgan fingerprint density at radius 1 is 1.40 bits per heavy atom. The lowest BCUT2D eigenvalue weighted by Gasteiger charge is -2.19. The number of rotatable bonds is 7. The van der Waals surface area contributed by atoms with E-state index in [1.54, 1.807) is 0 Å². The van der Waals surface area contributed by atoms with Gasteiger partial charge in [0.05, 0.1) is 6.04 Å². The Hall–Kier alpha value is -1.14. The Labute approximate surface area is 88.7 Å². The van der Waals surface area contributed by atoms with Crippen molar-refractivity contribution in [1.29, 1.82) is 0 Å². The van der Waals surface area contributed by atoms with Crippen LogP contribution >= 0.6 is 0 Å². The maximum Gasteiger partial charge on any atom is 0.405 e. The quantitative estimate of drug-likeness (QED) is 0.429. The number of hydrogen-bond acceptors (Lipinski definition) is 4. The lowest BCUT2D eigenvalue weighted by atomic mass is 10.1. The van der Waals surface area contributed by atoms with Gasteiger partial charge in [-0.25, -0.2) is 4.79 Å². The van der Waals surface area contributed by atoms with Crippen molar-refractivity contribution in [1.82, 2.24) is 10.6 Å². The summed E-state index contributed by atoms with van der Waals surface area (Å²) in [6.45, 7) is 4.93. The summed E-state index contributed by atoms with van der Waals surface area (Å²) >= 11 is 0. The average Bonchev–Trinajstić information content (AvgIpc) is 2.14. The van der Waals surface area contributed by atoms with Crippen LogP contribution < -0.4 is 10.6 Å². The Morgan fingerprint density at radius 3 is 2.40 bits per heavy atom. The zero-order valence-corrected chi connectivity index (χ0v) is 8.93. The molecule has 0 saturated carbocycles. The summed E-state index contributed by atoms with van der Waals surface area (Å²) in [4.78, 5) is 20.7. The maximum atomic E-state index is 10.4. The normalized spacial score (nSPS) is 14.7. The number of nitrogens with one attached hydrogen (secondary N) is 2. The number of aliphatic hydroxyl groups is 1. The van der Waals surface area contributed by atoms with Crippen LogP contribution in [0.15, 0.2) is 0 Å². The molecule has 0 heterocycles. The van der Waals surface area contributed by atoms with Gasteiger partial charge in [0.25, 0.3) is 0 Å². The maximum absolute atomic E-state index is 10.4. The molecule has 0 aliphatic carbocycles. The van der Waals surface area contributed by atoms with E-state index < -0.39 is 18.2 Å². The average molecular weight is 218 g/mol. The van der Waals surface area contributed by atoms with Crippen molar-refractivity contribution in [3.05, 3.63) is 0 Å². The van der Waals surface area contributed by atoms with Gasteiger partial charge >= 0.3 is 6.09 Å². The van der Waals surface area contributed by atoms with E-state index in [9.17, 15) is 14.7 Å². The molecule has 0 saturated heterocycles. The van der Waals surface area contributed by atoms with Crippen molar-refractivity contribution in [3.8, 4) is 0 Å². The molecule has 0 aliphatic heterocycles. The van der Waals surface area contributed by atoms with Gasteiger partial charge in [-0.3, -0.25) is 0 Å². The molecule has 4 N–H and O–H groups in total. The third-order valence-corrected chi connectivity index (χ3v) is 1.78. The first kappa shape index (κ1) is 13.9. The Kier molecular flexibility index (Phi) is 6.64. The van der Waals surface area contributed by atoms with Gasteiger partial charge in [0.15, 0.2) is 6.29 Å². The molecule has 0 aliphatic rings. The first-order valence-corrected chi connectivity index (χ1v) is 4.81. The van der Waals surface area contributed by atoms with Crippen LogP contribution in [0, 0.1) is 5.92 Å². The molecule has 0 fully saturated rings. The van der Waals surface area contributed by atoms with Crippen LogP contribution in [0.5, 0.6) is 0 Å². The number of amides is 1. The van der Waals surface area contributed by atoms with Gasteiger partial charge in [-0.1, -0.05) is 13.8 Å². The monoisotopic (exact) mass is 218 g/mol. The first-order chi connectivity index (χ1) is 6.97. The third-order valence-electron chi connectivity index (χ3n) is 1.78. The van der Waals surface area contributed by atoms with Gasteiger partial charge < -0.3 is 25.6 Å². The molecule has 0 unspecified atom stereocenters. The second-order valence-corrected chi connectivity index (χ2v) is 3.73. The number of aldehydes is 1. The molecule has 88 valence electrons. The highest BCUT2D eigenvalue weighted by Crippen LogP contribution is 1.92. The summed E-state index contributed by atoms with van der Waals surface area (Å²) in [6, 6.07) is -0.807. The molecule has 0 aromatic rings. The summed E-state index contributed by atoms with van der Waals surface area (Å²) < 4.78 is 0. The van der Waals surface area contributed by atoms with E-state index in [1.165, 1.54) is 0 Å². The minimum atomic E-state index is -1.32. The molecule has 6 nitrogen and oxygen atoms in total. The predicted molar refractivity (Wildman–Crippen MR) is 54.7 cm³/mol. The molecular weight excluding hydrogens is 200 g/mol. The van der Waals surface area contributed by atoms with E-state index in [2.05, 4.69) is 10.6 Å². The molecular formula is C9H18N2O4. The van der Waals surface area contributed by atoms with Crippen molar-refractivity contribution in [3.63, 3.8) is 0 Å². The number of carbonyl (C=O) groups is 2. The molecule has 1 amide bonds. The van der Waals surface area contributed by atoms with Crippen LogP contribution in [-0.2, 0) is 4.79 Å². The van der Waals surface area contributed by atoms with E-state index in [0.717, 1.165) is 0 Å². The predicted octanol–water partition coefficient (Wildman–Crippen LogP) is -0.572. The van der Waals surface area contributed by atoms with Crippen molar-refractivity contribution >= 4 is 12.4 Å². The highest BCUT2D eigenvalue weighted by Gasteiger charge is 2.19. The van der Waals surface area contributed by atoms with E-state index in [1.807, 2.05) is 13.8 Å². The number of carboxylic acid groups (broad SMARTS) is 1. The van der Waals surface area contributed by atoms with Crippen LogP contribution in [0.25, 0.3) is 0 Å². The lowest BCUT2D eigenvalue weighted by Crippen LogP contribution is -2.50. The standard InChI is InChI=1S/C9H18N2O4/c1-6(2)3-10-4-7(8(13)5-12)11-9(14)15/h5-8,10-11,13H,3-4H2,1-2H3,(H,14,15)/t7-,8+/m0/s1. The lowest BCUT2D eigenvalue weighted by molar-refractivity contribution is -0.115. The van der Waals surface area contributed by atoms with Crippen LogP contribution in [0.2, 0.25) is 0 Å². The van der Waals surface area contributed by atoms with E-state index >= 15 is 0 Å². The molecule has 2 atom stereocenters. The zero-order chi connectivity index (χ0) is 11.8. The van der Waals surface area contributed by atoms with Gasteiger partial charge in [0, 0.05) is 6.54 Å². The Bertz CT molecular complexity index is 208. The molecule has 0 aromatic carbocycles. The summed E-state index contributed by atoms with van der Waals surface area (Å²) in [5.41, 5.74) is 0. The van der Waals surface area contributed by atoms with Gasteiger partial charge in [-0.2, -0.15) is 0 Å². The third kappa shape index (κ3) is 6.87. The minimum Gasteiger partial charge on any atom is -0.465 e. The summed E-state index contributed by atoms with van der Waals surface area (Å²) in [7, 11) is 0. The van der Waals surface area contributed by atoms with Crippen molar-refractivity contribution in [2.45, 2.75) is 26.0 Å². The first-order valence-electron chi connectivity index (χ1n) is 4.81. The van der Waals surface area contributed by atoms with Gasteiger partial charge in [0.2, 0.25) is 0 Å². The van der Waals surface area contributed by atoms with Crippen molar-refractivity contribution in [2.24, 2.45) is 5.92 Å². The van der Waals surface area contributed by atoms with Crippen LogP contribution in [0.1, 0.15) is 13.8 Å². The topological polar surface area (TPSA) is 98.7 Å². The zero-order valence-electron chi connectivity index (χ0n) is 8.93. The molecule has 6 heteroatoms. The smallest absolute Gasteiger partial charge is 0.405 e. The Morgan fingerprint density at radius 2 is 2.00 bits per heavy atom. The highest BCUT2D eigenvalue weighted by atomic mass is 16.4. The van der Waals surface area contributed by atoms with E-state index in [-0.39, 0.29) is 6.54 Å². The fourth-order valence-corrected chi connectivity index (χ4v) is 1.04. The number of carbonyl (C=O) groups excluding carboxylic acids is 1. The van der Waals surface area contributed by atoms with E-state index in [4.69, 9.17) is 5.11 Å². The fourth-order valence-electron chi connectivity index (χ4n) is 1.04. The molecule has 0 bridgehead atoms. The van der Waals surface area contributed by atoms with Gasteiger partial charge in [-0.15, -0.1) is 0 Å². The molecule has 15 heavy (non-hydrogen) atoms. The van der Waals surface area contributed by atoms with Crippen molar-refractivity contribution < 1.29 is 19.8 Å². The summed E-state index contributed by atoms with van der Waals surface area (Å²) in [5.74, 6) is 0.420. The second-order valence-electron chi connectivity index (χ2n) is 3.73. The van der Waals surface area contributed by atoms with E-state index in [0.29, 0.717) is 18.7 Å². The number of hydrogen-bond donors (Lipinski definition) is 4. The summed E-state index contributed by atoms with van der Waals surface area (Å²) in [5, 5.41) is 22.7. The Balaban J connectivity index is 4.01. The highest BCUT2D eigenvalue weighted by molar-refractivity contribution is 5.67. The van der Waals surface area contributed by atoms with Crippen LogP contribution in [0.3, 0.4) is 0 Å². The van der Waals surface area contributed by atoms with Gasteiger partial charge in [0.1, 0.15) is 6.10 Å². The second kappa shape index (κ2) is 7.19. The van der Waals surface area contributed by atoms with Crippen molar-refractivity contribution in [2.75, 3.05) is 13.1 Å². The fraction of sp³-hybridized carbons (Fsp3) is 0.778. The number of aliphatic hydroxyl groups excluding tert-OH is 1. The summed E-state index contributed by atoms with van der Waals surface area (Å²) in [6.07, 6.45) is -2.26. The van der Waals surface area contributed by atoms with Crippen LogP contribution in [-0.4, -0.2) is 47.8 Å². The molecule has 0 aromatic heterocycles. The van der Waals surface area contributed by atoms with Crippen LogP contribution in [0.4, 0.5) is 4.79 Å². The largest absolute Gasteiger partial charge is 0.465 e. The minimum absolute atomic E-state index is 0.227.